The molecule has 0 aliphatic rings. The Balaban J connectivity index is 2.41. The van der Waals surface area contributed by atoms with Crippen molar-refractivity contribution < 1.29 is 14.2 Å². The van der Waals surface area contributed by atoms with Crippen molar-refractivity contribution in [2.24, 2.45) is 0 Å². The zero-order valence-electron chi connectivity index (χ0n) is 9.46. The van der Waals surface area contributed by atoms with Crippen molar-refractivity contribution in [2.45, 2.75) is 10.1 Å². The first-order chi connectivity index (χ1) is 9.47. The fraction of sp³-hybridized carbons (Fsp3) is 0. The Bertz CT molecular complexity index is 698. The molecule has 0 unspecified atom stereocenters. The van der Waals surface area contributed by atoms with E-state index in [4.69, 9.17) is 0 Å². The molecule has 1 aromatic carbocycles. The van der Waals surface area contributed by atoms with Gasteiger partial charge in [0, 0.05) is 6.07 Å². The molecular formula is C9H4FN5O4S. The lowest BCUT2D eigenvalue weighted by Crippen LogP contribution is -1.96. The molecule has 2 aromatic rings. The largest absolute Gasteiger partial charge is 0.312 e. The minimum atomic E-state index is -1.02. The minimum Gasteiger partial charge on any atom is -0.258 e. The Hall–Kier alpha value is -2.69. The van der Waals surface area contributed by atoms with Crippen molar-refractivity contribution in [3.05, 3.63) is 50.8 Å². The van der Waals surface area contributed by atoms with Crippen LogP contribution >= 0.6 is 11.8 Å². The SMILES string of the molecule is O=[N+]([O-])c1ccc(Sc2ncnc(F)n2)c([N+](=O)[O-])c1. The number of benzene rings is 1. The molecule has 1 heterocycles. The summed E-state index contributed by atoms with van der Waals surface area (Å²) in [5.41, 5.74) is -0.895. The number of rotatable bonds is 4. The van der Waals surface area contributed by atoms with E-state index in [2.05, 4.69) is 15.0 Å². The lowest BCUT2D eigenvalue weighted by atomic mass is 10.3. The van der Waals surface area contributed by atoms with Gasteiger partial charge in [-0.1, -0.05) is 0 Å². The molecular weight excluding hydrogens is 293 g/mol. The summed E-state index contributed by atoms with van der Waals surface area (Å²) in [6.07, 6.45) is -0.103. The maximum Gasteiger partial charge on any atom is 0.312 e. The monoisotopic (exact) mass is 297 g/mol. The number of nitrogens with zero attached hydrogens (tertiary/aromatic N) is 5. The van der Waals surface area contributed by atoms with Crippen LogP contribution in [-0.2, 0) is 0 Å². The summed E-state index contributed by atoms with van der Waals surface area (Å²) < 4.78 is 12.8. The molecule has 102 valence electrons. The van der Waals surface area contributed by atoms with Crippen molar-refractivity contribution in [3.8, 4) is 0 Å². The number of hydrogen-bond acceptors (Lipinski definition) is 8. The first-order valence-corrected chi connectivity index (χ1v) is 5.74. The Labute approximate surface area is 114 Å². The van der Waals surface area contributed by atoms with Gasteiger partial charge in [-0.3, -0.25) is 20.2 Å². The Morgan fingerprint density at radius 3 is 2.50 bits per heavy atom. The van der Waals surface area contributed by atoms with Gasteiger partial charge in [-0.05, 0) is 17.8 Å². The molecule has 0 saturated heterocycles. The van der Waals surface area contributed by atoms with Crippen LogP contribution in [-0.4, -0.2) is 24.8 Å². The molecule has 0 saturated carbocycles. The van der Waals surface area contributed by atoms with Gasteiger partial charge < -0.3 is 0 Å². The van der Waals surface area contributed by atoms with E-state index in [1.165, 1.54) is 6.07 Å². The van der Waals surface area contributed by atoms with Crippen LogP contribution < -0.4 is 0 Å². The summed E-state index contributed by atoms with van der Waals surface area (Å²) in [5.74, 6) is 0. The van der Waals surface area contributed by atoms with Gasteiger partial charge in [0.25, 0.3) is 11.4 Å². The number of non-ortho nitro benzene ring substituents is 1. The van der Waals surface area contributed by atoms with E-state index in [1.54, 1.807) is 0 Å². The highest BCUT2D eigenvalue weighted by Gasteiger charge is 2.21. The zero-order chi connectivity index (χ0) is 14.7. The third kappa shape index (κ3) is 3.00. The quantitative estimate of drug-likeness (QED) is 0.619. The van der Waals surface area contributed by atoms with Crippen molar-refractivity contribution in [2.75, 3.05) is 0 Å². The lowest BCUT2D eigenvalue weighted by molar-refractivity contribution is -0.396. The summed E-state index contributed by atoms with van der Waals surface area (Å²) in [4.78, 5) is 30.2. The van der Waals surface area contributed by atoms with E-state index in [-0.39, 0.29) is 10.1 Å². The van der Waals surface area contributed by atoms with Gasteiger partial charge in [0.15, 0.2) is 5.16 Å². The predicted molar refractivity (Wildman–Crippen MR) is 63.7 cm³/mol. The van der Waals surface area contributed by atoms with E-state index in [0.717, 1.165) is 18.5 Å². The summed E-state index contributed by atoms with van der Waals surface area (Å²) in [5, 5.41) is 21.4. The lowest BCUT2D eigenvalue weighted by Gasteiger charge is -2.01. The molecule has 1 aromatic heterocycles. The molecule has 0 radical (unpaired) electrons. The second-order valence-electron chi connectivity index (χ2n) is 3.31. The van der Waals surface area contributed by atoms with Crippen molar-refractivity contribution in [1.82, 2.24) is 15.0 Å². The molecule has 20 heavy (non-hydrogen) atoms. The van der Waals surface area contributed by atoms with Crippen LogP contribution in [0.4, 0.5) is 15.8 Å². The van der Waals surface area contributed by atoms with Crippen molar-refractivity contribution in [1.29, 1.82) is 0 Å². The van der Waals surface area contributed by atoms with Gasteiger partial charge in [-0.25, -0.2) is 4.98 Å². The molecule has 0 aliphatic heterocycles. The molecule has 0 atom stereocenters. The summed E-state index contributed by atoms with van der Waals surface area (Å²) >= 11 is 0.711. The third-order valence-corrected chi connectivity index (χ3v) is 3.02. The number of halogens is 1. The topological polar surface area (TPSA) is 125 Å². The number of nitro benzene ring substituents is 2. The van der Waals surface area contributed by atoms with Crippen LogP contribution in [0.15, 0.2) is 34.6 Å². The standard InChI is InChI=1S/C9H4FN5O4S/c10-8-11-4-12-9(13-8)20-7-2-1-5(14(16)17)3-6(7)15(18)19/h1-4H. The van der Waals surface area contributed by atoms with Gasteiger partial charge in [0.05, 0.1) is 20.8 Å². The molecule has 2 rings (SSSR count). The van der Waals surface area contributed by atoms with Crippen LogP contribution in [0.2, 0.25) is 0 Å². The van der Waals surface area contributed by atoms with Crippen LogP contribution in [0.1, 0.15) is 0 Å². The predicted octanol–water partition coefficient (Wildman–Crippen LogP) is 1.98. The fourth-order valence-electron chi connectivity index (χ4n) is 1.26. The second kappa shape index (κ2) is 5.52. The Kier molecular flexibility index (Phi) is 3.79. The normalized spacial score (nSPS) is 10.2. The molecule has 0 amide bonds. The van der Waals surface area contributed by atoms with E-state index in [1.807, 2.05) is 0 Å². The number of nitro groups is 2. The molecule has 9 nitrogen and oxygen atoms in total. The van der Waals surface area contributed by atoms with Crippen LogP contribution in [0, 0.1) is 26.3 Å². The van der Waals surface area contributed by atoms with Gasteiger partial charge in [-0.15, -0.1) is 0 Å². The van der Waals surface area contributed by atoms with E-state index >= 15 is 0 Å². The smallest absolute Gasteiger partial charge is 0.258 e. The van der Waals surface area contributed by atoms with Crippen molar-refractivity contribution in [3.63, 3.8) is 0 Å². The van der Waals surface area contributed by atoms with Crippen LogP contribution in [0.25, 0.3) is 0 Å². The zero-order valence-corrected chi connectivity index (χ0v) is 10.3. The van der Waals surface area contributed by atoms with E-state index in [9.17, 15) is 24.6 Å². The van der Waals surface area contributed by atoms with Crippen LogP contribution in [0.5, 0.6) is 0 Å². The Morgan fingerprint density at radius 2 is 1.90 bits per heavy atom. The highest BCUT2D eigenvalue weighted by atomic mass is 32.2. The van der Waals surface area contributed by atoms with Gasteiger partial charge in [0.2, 0.25) is 0 Å². The molecule has 0 fully saturated rings. The number of hydrogen-bond donors (Lipinski definition) is 0. The first kappa shape index (κ1) is 13.7. The van der Waals surface area contributed by atoms with Gasteiger partial charge in [-0.2, -0.15) is 14.4 Å². The molecule has 11 heteroatoms. The molecule has 0 spiro atoms. The maximum atomic E-state index is 12.8. The highest BCUT2D eigenvalue weighted by molar-refractivity contribution is 7.99. The molecule has 0 N–H and O–H groups in total. The average Bonchev–Trinajstić information content (AvgIpc) is 2.38. The van der Waals surface area contributed by atoms with Crippen molar-refractivity contribution >= 4 is 23.1 Å². The summed E-state index contributed by atoms with van der Waals surface area (Å²) in [6.45, 7) is 0. The molecule has 0 bridgehead atoms. The van der Waals surface area contributed by atoms with Gasteiger partial charge >= 0.3 is 6.08 Å². The van der Waals surface area contributed by atoms with Crippen LogP contribution in [0.3, 0.4) is 0 Å². The maximum absolute atomic E-state index is 12.8. The molecule has 0 aliphatic carbocycles. The minimum absolute atomic E-state index is 0.0613. The fourth-order valence-corrected chi connectivity index (χ4v) is 2.05. The second-order valence-corrected chi connectivity index (χ2v) is 4.31. The number of aromatic nitrogens is 3. The van der Waals surface area contributed by atoms with E-state index in [0.29, 0.717) is 11.8 Å². The van der Waals surface area contributed by atoms with Gasteiger partial charge in [0.1, 0.15) is 6.33 Å². The highest BCUT2D eigenvalue weighted by Crippen LogP contribution is 2.35. The Morgan fingerprint density at radius 1 is 1.15 bits per heavy atom. The summed E-state index contributed by atoms with van der Waals surface area (Å²) in [7, 11) is 0. The first-order valence-electron chi connectivity index (χ1n) is 4.92. The third-order valence-electron chi connectivity index (χ3n) is 2.07. The summed E-state index contributed by atoms with van der Waals surface area (Å²) in [6, 6.07) is 3.11. The average molecular weight is 297 g/mol. The van der Waals surface area contributed by atoms with E-state index < -0.39 is 27.3 Å².